The smallest absolute Gasteiger partial charge is 0.257 e. The Morgan fingerprint density at radius 3 is 1.63 bits per heavy atom. The lowest BCUT2D eigenvalue weighted by atomic mass is 9.90. The van der Waals surface area contributed by atoms with Gasteiger partial charge in [0.25, 0.3) is 5.91 Å². The number of hydrogen-bond acceptors (Lipinski definition) is 4. The van der Waals surface area contributed by atoms with Crippen molar-refractivity contribution in [2.75, 3.05) is 16.0 Å². The molecular formula is C34H28N4O2S. The average Bonchev–Trinajstić information content (AvgIpc) is 3.00. The van der Waals surface area contributed by atoms with E-state index in [0.717, 1.165) is 22.5 Å². The van der Waals surface area contributed by atoms with Crippen molar-refractivity contribution in [2.45, 2.75) is 5.92 Å². The van der Waals surface area contributed by atoms with E-state index in [0.29, 0.717) is 16.9 Å². The molecule has 0 saturated carbocycles. The summed E-state index contributed by atoms with van der Waals surface area (Å²) in [6, 6.07) is 43.4. The van der Waals surface area contributed by atoms with E-state index in [2.05, 4.69) is 21.3 Å². The van der Waals surface area contributed by atoms with Gasteiger partial charge in [-0.15, -0.1) is 0 Å². The second-order valence-electron chi connectivity index (χ2n) is 9.27. The minimum absolute atomic E-state index is 0.100. The van der Waals surface area contributed by atoms with Crippen molar-refractivity contribution >= 4 is 51.9 Å². The summed E-state index contributed by atoms with van der Waals surface area (Å²) < 4.78 is 0. The second kappa shape index (κ2) is 13.2. The summed E-state index contributed by atoms with van der Waals surface area (Å²) in [4.78, 5) is 26.6. The van der Waals surface area contributed by atoms with Gasteiger partial charge < -0.3 is 21.3 Å². The molecule has 6 nitrogen and oxygen atoms in total. The van der Waals surface area contributed by atoms with Crippen molar-refractivity contribution in [3.63, 3.8) is 0 Å². The Balaban J connectivity index is 1.25. The monoisotopic (exact) mass is 556 g/mol. The first kappa shape index (κ1) is 27.3. The van der Waals surface area contributed by atoms with Crippen LogP contribution in [0.2, 0.25) is 0 Å². The Kier molecular flexibility index (Phi) is 8.78. The quantitative estimate of drug-likeness (QED) is 0.151. The highest BCUT2D eigenvalue weighted by Crippen LogP contribution is 2.25. The number of anilines is 4. The first-order chi connectivity index (χ1) is 20.1. The first-order valence-electron chi connectivity index (χ1n) is 13.1. The molecule has 0 aliphatic rings. The molecule has 0 saturated heterocycles. The minimum atomic E-state index is -0.546. The summed E-state index contributed by atoms with van der Waals surface area (Å²) in [5.74, 6) is -1.13. The molecular weight excluding hydrogens is 528 g/mol. The number of carbonyl (C=O) groups is 2. The minimum Gasteiger partial charge on any atom is -0.356 e. The van der Waals surface area contributed by atoms with Gasteiger partial charge in [-0.1, -0.05) is 91.0 Å². The molecule has 0 heterocycles. The van der Waals surface area contributed by atoms with Crippen LogP contribution in [0.15, 0.2) is 140 Å². The van der Waals surface area contributed by atoms with Crippen molar-refractivity contribution in [3.8, 4) is 0 Å². The molecule has 7 heteroatoms. The molecule has 0 aromatic heterocycles. The highest BCUT2D eigenvalue weighted by molar-refractivity contribution is 7.80. The largest absolute Gasteiger partial charge is 0.356 e. The van der Waals surface area contributed by atoms with Crippen molar-refractivity contribution < 1.29 is 9.59 Å². The van der Waals surface area contributed by atoms with Crippen LogP contribution in [0.1, 0.15) is 27.4 Å². The number of hydrogen-bond donors (Lipinski definition) is 4. The molecule has 2 amide bonds. The number of thiocarbonyl (C=S) groups is 1. The van der Waals surface area contributed by atoms with E-state index in [9.17, 15) is 9.59 Å². The number of rotatable bonds is 8. The highest BCUT2D eigenvalue weighted by Gasteiger charge is 2.23. The molecule has 4 N–H and O–H groups in total. The van der Waals surface area contributed by atoms with Crippen LogP contribution in [0.5, 0.6) is 0 Å². The van der Waals surface area contributed by atoms with E-state index in [1.807, 2.05) is 115 Å². The van der Waals surface area contributed by atoms with Crippen LogP contribution in [0.3, 0.4) is 0 Å². The van der Waals surface area contributed by atoms with Crippen molar-refractivity contribution in [3.05, 3.63) is 156 Å². The third kappa shape index (κ3) is 7.23. The second-order valence-corrected chi connectivity index (χ2v) is 9.67. The summed E-state index contributed by atoms with van der Waals surface area (Å²) in [6.07, 6.45) is 0. The van der Waals surface area contributed by atoms with Crippen LogP contribution in [0, 0.1) is 0 Å². The maximum Gasteiger partial charge on any atom is 0.257 e. The lowest BCUT2D eigenvalue weighted by molar-refractivity contribution is -0.120. The summed E-state index contributed by atoms with van der Waals surface area (Å²) in [7, 11) is 0. The van der Waals surface area contributed by atoms with Gasteiger partial charge in [0.15, 0.2) is 5.11 Å². The van der Waals surface area contributed by atoms with Gasteiger partial charge in [0, 0.05) is 17.1 Å². The fourth-order valence-electron chi connectivity index (χ4n) is 4.44. The van der Waals surface area contributed by atoms with Gasteiger partial charge in [0.05, 0.1) is 17.2 Å². The number of carbonyl (C=O) groups excluding carboxylic acids is 2. The van der Waals surface area contributed by atoms with E-state index in [1.54, 1.807) is 24.3 Å². The molecule has 202 valence electrons. The summed E-state index contributed by atoms with van der Waals surface area (Å²) in [6.45, 7) is 0. The summed E-state index contributed by atoms with van der Waals surface area (Å²) in [5.41, 5.74) is 5.10. The molecule has 0 aliphatic carbocycles. The third-order valence-electron chi connectivity index (χ3n) is 6.39. The molecule has 5 aromatic carbocycles. The van der Waals surface area contributed by atoms with Crippen LogP contribution in [0.25, 0.3) is 0 Å². The van der Waals surface area contributed by atoms with Gasteiger partial charge in [-0.05, 0) is 71.9 Å². The normalized spacial score (nSPS) is 10.5. The average molecular weight is 557 g/mol. The summed E-state index contributed by atoms with van der Waals surface area (Å²) >= 11 is 5.49. The van der Waals surface area contributed by atoms with Gasteiger partial charge in [0.2, 0.25) is 5.91 Å². The van der Waals surface area contributed by atoms with Gasteiger partial charge >= 0.3 is 0 Å². The molecule has 0 unspecified atom stereocenters. The van der Waals surface area contributed by atoms with Gasteiger partial charge in [-0.25, -0.2) is 0 Å². The van der Waals surface area contributed by atoms with Crippen LogP contribution in [-0.2, 0) is 4.79 Å². The van der Waals surface area contributed by atoms with Gasteiger partial charge in [-0.3, -0.25) is 9.59 Å². The van der Waals surface area contributed by atoms with Crippen molar-refractivity contribution in [2.24, 2.45) is 0 Å². The number of amides is 2. The molecule has 0 bridgehead atoms. The Morgan fingerprint density at radius 2 is 1.02 bits per heavy atom. The molecule has 0 fully saturated rings. The lowest BCUT2D eigenvalue weighted by Crippen LogP contribution is -2.38. The number of nitrogens with one attached hydrogen (secondary N) is 4. The Hall–Kier alpha value is -5.27. The van der Waals surface area contributed by atoms with Gasteiger partial charge in [-0.2, -0.15) is 0 Å². The van der Waals surface area contributed by atoms with Crippen molar-refractivity contribution in [1.29, 1.82) is 0 Å². The Labute approximate surface area is 244 Å². The molecule has 0 spiro atoms. The first-order valence-corrected chi connectivity index (χ1v) is 13.5. The number of benzene rings is 5. The standard InChI is InChI=1S/C34H28N4O2S/c39-32(36-28-22-20-27(21-23-28)35-26-16-8-3-9-17-26)29-18-10-11-19-30(29)37-34(41)38-33(40)31(24-12-4-1-5-13-24)25-14-6-2-7-15-25/h1-23,31,35H,(H,36,39)(H2,37,38,40,41). The molecule has 0 atom stereocenters. The zero-order valence-electron chi connectivity index (χ0n) is 22.1. The van der Waals surface area contributed by atoms with E-state index >= 15 is 0 Å². The fourth-order valence-corrected chi connectivity index (χ4v) is 4.65. The molecule has 41 heavy (non-hydrogen) atoms. The molecule has 0 aliphatic heterocycles. The van der Waals surface area contributed by atoms with E-state index in [-0.39, 0.29) is 16.9 Å². The Bertz CT molecular complexity index is 1590. The van der Waals surface area contributed by atoms with Crippen LogP contribution >= 0.6 is 12.2 Å². The number of para-hydroxylation sites is 2. The topological polar surface area (TPSA) is 82.3 Å². The zero-order chi connectivity index (χ0) is 28.4. The maximum absolute atomic E-state index is 13.4. The highest BCUT2D eigenvalue weighted by atomic mass is 32.1. The third-order valence-corrected chi connectivity index (χ3v) is 6.59. The van der Waals surface area contributed by atoms with Crippen LogP contribution in [-0.4, -0.2) is 16.9 Å². The van der Waals surface area contributed by atoms with Crippen LogP contribution < -0.4 is 21.3 Å². The fraction of sp³-hybridized carbons (Fsp3) is 0.0294. The maximum atomic E-state index is 13.4. The predicted octanol–water partition coefficient (Wildman–Crippen LogP) is 7.33. The lowest BCUT2D eigenvalue weighted by Gasteiger charge is -2.19. The predicted molar refractivity (Wildman–Crippen MR) is 170 cm³/mol. The van der Waals surface area contributed by atoms with Crippen LogP contribution in [0.4, 0.5) is 22.7 Å². The molecule has 5 rings (SSSR count). The van der Waals surface area contributed by atoms with Gasteiger partial charge in [0.1, 0.15) is 0 Å². The van der Waals surface area contributed by atoms with Crippen molar-refractivity contribution in [1.82, 2.24) is 5.32 Å². The molecule has 0 radical (unpaired) electrons. The van der Waals surface area contributed by atoms with E-state index in [4.69, 9.17) is 12.2 Å². The van der Waals surface area contributed by atoms with E-state index in [1.165, 1.54) is 0 Å². The van der Waals surface area contributed by atoms with E-state index < -0.39 is 5.92 Å². The SMILES string of the molecule is O=C(Nc1ccc(Nc2ccccc2)cc1)c1ccccc1NC(=S)NC(=O)C(c1ccccc1)c1ccccc1. The molecule has 5 aromatic rings. The summed E-state index contributed by atoms with van der Waals surface area (Å²) in [5, 5.41) is 12.2. The Morgan fingerprint density at radius 1 is 0.537 bits per heavy atom. The zero-order valence-corrected chi connectivity index (χ0v) is 22.9.